The van der Waals surface area contributed by atoms with Gasteiger partial charge in [0.05, 0.1) is 9.21 Å². The summed E-state index contributed by atoms with van der Waals surface area (Å²) in [6.45, 7) is 1.44. The number of aromatic nitrogens is 1. The molecule has 3 heterocycles. The number of likely N-dealkylation sites (tertiary alicyclic amines) is 1. The minimum Gasteiger partial charge on any atom is -0.440 e. The lowest BCUT2D eigenvalue weighted by molar-refractivity contribution is 0.0711. The van der Waals surface area contributed by atoms with E-state index in [0.717, 1.165) is 42.9 Å². The predicted molar refractivity (Wildman–Crippen MR) is 91.2 cm³/mol. The van der Waals surface area contributed by atoms with E-state index in [1.54, 1.807) is 12.1 Å². The summed E-state index contributed by atoms with van der Waals surface area (Å²) in [6.07, 6.45) is 1.75. The van der Waals surface area contributed by atoms with Gasteiger partial charge in [-0.2, -0.15) is 0 Å². The van der Waals surface area contributed by atoms with E-state index in [-0.39, 0.29) is 11.8 Å². The van der Waals surface area contributed by atoms with Gasteiger partial charge in [0.15, 0.2) is 11.5 Å². The van der Waals surface area contributed by atoms with E-state index in [2.05, 4.69) is 4.98 Å². The van der Waals surface area contributed by atoms with Crippen molar-refractivity contribution in [3.63, 3.8) is 0 Å². The maximum atomic E-state index is 12.4. The number of carbonyl (C=O) groups excluding carboxylic acids is 1. The average molecular weight is 347 g/mol. The standard InChI is InChI=1S/C17H15ClN2O2S/c18-15-6-5-14(23-15)17(21)20-9-7-11(8-10-20)16-19-12-3-1-2-4-13(12)22-16/h1-6,11H,7-10H2. The molecule has 1 saturated heterocycles. The molecule has 0 unspecified atom stereocenters. The van der Waals surface area contributed by atoms with Crippen molar-refractivity contribution in [1.29, 1.82) is 0 Å². The first-order valence-corrected chi connectivity index (χ1v) is 8.80. The highest BCUT2D eigenvalue weighted by Gasteiger charge is 2.28. The SMILES string of the molecule is O=C(c1ccc(Cl)s1)N1CCC(c2nc3ccccc3o2)CC1. The van der Waals surface area contributed by atoms with Gasteiger partial charge in [-0.05, 0) is 37.1 Å². The molecule has 3 aromatic rings. The zero-order valence-electron chi connectivity index (χ0n) is 12.4. The fourth-order valence-corrected chi connectivity index (χ4v) is 3.99. The van der Waals surface area contributed by atoms with Gasteiger partial charge in [-0.25, -0.2) is 4.98 Å². The average Bonchev–Trinajstić information content (AvgIpc) is 3.20. The molecule has 23 heavy (non-hydrogen) atoms. The Balaban J connectivity index is 1.45. The second-order valence-corrected chi connectivity index (χ2v) is 7.41. The molecule has 0 aliphatic carbocycles. The molecule has 118 valence electrons. The summed E-state index contributed by atoms with van der Waals surface area (Å²) >= 11 is 7.25. The summed E-state index contributed by atoms with van der Waals surface area (Å²) in [4.78, 5) is 19.6. The van der Waals surface area contributed by atoms with Crippen LogP contribution in [0, 0.1) is 0 Å². The molecule has 2 aromatic heterocycles. The summed E-state index contributed by atoms with van der Waals surface area (Å²) in [5.74, 6) is 1.13. The van der Waals surface area contributed by atoms with Crippen LogP contribution >= 0.6 is 22.9 Å². The van der Waals surface area contributed by atoms with Crippen molar-refractivity contribution in [2.45, 2.75) is 18.8 Å². The summed E-state index contributed by atoms with van der Waals surface area (Å²) in [7, 11) is 0. The van der Waals surface area contributed by atoms with E-state index in [4.69, 9.17) is 16.0 Å². The van der Waals surface area contributed by atoms with Crippen molar-refractivity contribution >= 4 is 39.9 Å². The number of nitrogens with zero attached hydrogens (tertiary/aromatic N) is 2. The van der Waals surface area contributed by atoms with Crippen molar-refractivity contribution in [1.82, 2.24) is 9.88 Å². The summed E-state index contributed by atoms with van der Waals surface area (Å²) in [5.41, 5.74) is 1.73. The van der Waals surface area contributed by atoms with Crippen LogP contribution in [0.3, 0.4) is 0 Å². The first-order chi connectivity index (χ1) is 11.2. The highest BCUT2D eigenvalue weighted by atomic mass is 35.5. The molecule has 0 atom stereocenters. The minimum absolute atomic E-state index is 0.0675. The van der Waals surface area contributed by atoms with Crippen LogP contribution in [0.2, 0.25) is 4.34 Å². The fourth-order valence-electron chi connectivity index (χ4n) is 2.98. The molecule has 1 amide bonds. The molecule has 1 aliphatic rings. The van der Waals surface area contributed by atoms with E-state index in [0.29, 0.717) is 9.21 Å². The van der Waals surface area contributed by atoms with E-state index in [1.165, 1.54) is 11.3 Å². The van der Waals surface area contributed by atoms with Gasteiger partial charge in [0.1, 0.15) is 5.52 Å². The monoisotopic (exact) mass is 346 g/mol. The number of hydrogen-bond acceptors (Lipinski definition) is 4. The third-order valence-electron chi connectivity index (χ3n) is 4.23. The van der Waals surface area contributed by atoms with Gasteiger partial charge >= 0.3 is 0 Å². The molecule has 1 fully saturated rings. The zero-order chi connectivity index (χ0) is 15.8. The second-order valence-electron chi connectivity index (χ2n) is 5.69. The normalized spacial score (nSPS) is 16.1. The molecule has 4 nitrogen and oxygen atoms in total. The van der Waals surface area contributed by atoms with Gasteiger partial charge in [0.25, 0.3) is 5.91 Å². The molecule has 1 aliphatic heterocycles. The number of rotatable bonds is 2. The van der Waals surface area contributed by atoms with Crippen molar-refractivity contribution in [3.05, 3.63) is 51.5 Å². The van der Waals surface area contributed by atoms with Crippen LogP contribution in [-0.2, 0) is 0 Å². The highest BCUT2D eigenvalue weighted by molar-refractivity contribution is 7.17. The van der Waals surface area contributed by atoms with Gasteiger partial charge in [0, 0.05) is 19.0 Å². The summed E-state index contributed by atoms with van der Waals surface area (Å²) < 4.78 is 6.51. The van der Waals surface area contributed by atoms with E-state index in [1.807, 2.05) is 29.2 Å². The predicted octanol–water partition coefficient (Wildman–Crippen LogP) is 4.56. The molecule has 0 radical (unpaired) electrons. The number of para-hydroxylation sites is 2. The number of carbonyl (C=O) groups is 1. The maximum Gasteiger partial charge on any atom is 0.263 e. The van der Waals surface area contributed by atoms with Crippen molar-refractivity contribution in [3.8, 4) is 0 Å². The summed E-state index contributed by atoms with van der Waals surface area (Å²) in [5, 5.41) is 0. The zero-order valence-corrected chi connectivity index (χ0v) is 13.9. The van der Waals surface area contributed by atoms with Gasteiger partial charge in [-0.3, -0.25) is 4.79 Å². The Morgan fingerprint density at radius 3 is 2.70 bits per heavy atom. The smallest absolute Gasteiger partial charge is 0.263 e. The quantitative estimate of drug-likeness (QED) is 0.683. The molecule has 4 rings (SSSR count). The number of fused-ring (bicyclic) bond motifs is 1. The topological polar surface area (TPSA) is 46.3 Å². The van der Waals surface area contributed by atoms with Gasteiger partial charge in [-0.15, -0.1) is 11.3 Å². The van der Waals surface area contributed by atoms with Gasteiger partial charge < -0.3 is 9.32 Å². The van der Waals surface area contributed by atoms with Gasteiger partial charge in [-0.1, -0.05) is 23.7 Å². The van der Waals surface area contributed by atoms with Crippen LogP contribution in [0.5, 0.6) is 0 Å². The Bertz CT molecular complexity index is 816. The largest absolute Gasteiger partial charge is 0.440 e. The Morgan fingerprint density at radius 2 is 2.00 bits per heavy atom. The Kier molecular flexibility index (Phi) is 3.83. The number of oxazole rings is 1. The third-order valence-corrected chi connectivity index (χ3v) is 5.44. The lowest BCUT2D eigenvalue weighted by atomic mass is 9.96. The molecule has 0 saturated carbocycles. The van der Waals surface area contributed by atoms with Gasteiger partial charge in [0.2, 0.25) is 0 Å². The van der Waals surface area contributed by atoms with E-state index < -0.39 is 0 Å². The minimum atomic E-state index is 0.0675. The molecular formula is C17H15ClN2O2S. The Morgan fingerprint density at radius 1 is 1.22 bits per heavy atom. The fraction of sp³-hybridized carbons (Fsp3) is 0.294. The molecular weight excluding hydrogens is 332 g/mol. The number of hydrogen-bond donors (Lipinski definition) is 0. The van der Waals surface area contributed by atoms with Crippen LogP contribution in [0.4, 0.5) is 0 Å². The maximum absolute atomic E-state index is 12.4. The van der Waals surface area contributed by atoms with Crippen molar-refractivity contribution in [2.24, 2.45) is 0 Å². The number of benzene rings is 1. The number of thiophene rings is 1. The Labute approximate surface area is 142 Å². The van der Waals surface area contributed by atoms with Crippen LogP contribution in [0.25, 0.3) is 11.1 Å². The first kappa shape index (κ1) is 14.7. The number of halogens is 1. The molecule has 0 spiro atoms. The molecule has 0 bridgehead atoms. The number of piperidine rings is 1. The lowest BCUT2D eigenvalue weighted by Gasteiger charge is -2.30. The Hall–Kier alpha value is -1.85. The molecule has 6 heteroatoms. The van der Waals surface area contributed by atoms with Crippen LogP contribution in [0.15, 0.2) is 40.8 Å². The summed E-state index contributed by atoms with van der Waals surface area (Å²) in [6, 6.07) is 11.4. The molecule has 1 aromatic carbocycles. The lowest BCUT2D eigenvalue weighted by Crippen LogP contribution is -2.37. The van der Waals surface area contributed by atoms with Crippen molar-refractivity contribution in [2.75, 3.05) is 13.1 Å². The second kappa shape index (κ2) is 5.98. The number of amides is 1. The van der Waals surface area contributed by atoms with E-state index >= 15 is 0 Å². The van der Waals surface area contributed by atoms with Crippen LogP contribution in [0.1, 0.15) is 34.3 Å². The molecule has 0 N–H and O–H groups in total. The highest BCUT2D eigenvalue weighted by Crippen LogP contribution is 2.31. The van der Waals surface area contributed by atoms with Crippen molar-refractivity contribution < 1.29 is 9.21 Å². The van der Waals surface area contributed by atoms with Crippen LogP contribution in [-0.4, -0.2) is 28.9 Å². The van der Waals surface area contributed by atoms with Crippen LogP contribution < -0.4 is 0 Å². The van der Waals surface area contributed by atoms with E-state index in [9.17, 15) is 4.79 Å². The first-order valence-electron chi connectivity index (χ1n) is 7.61. The third kappa shape index (κ3) is 2.86.